The third-order valence-corrected chi connectivity index (χ3v) is 4.93. The Labute approximate surface area is 178 Å². The van der Waals surface area contributed by atoms with Gasteiger partial charge in [0, 0.05) is 24.8 Å². The van der Waals surface area contributed by atoms with Crippen molar-refractivity contribution in [3.8, 4) is 28.2 Å². The van der Waals surface area contributed by atoms with Crippen LogP contribution in [-0.2, 0) is 0 Å². The summed E-state index contributed by atoms with van der Waals surface area (Å²) < 4.78 is 14.8. The van der Waals surface area contributed by atoms with E-state index in [9.17, 15) is 9.18 Å². The summed E-state index contributed by atoms with van der Waals surface area (Å²) in [6, 6.07) is 16.7. The van der Waals surface area contributed by atoms with Crippen LogP contribution in [0.25, 0.3) is 28.2 Å². The average molecular weight is 419 g/mol. The number of rotatable bonds is 7. The maximum atomic E-state index is 13.4. The first-order chi connectivity index (χ1) is 15.1. The number of aromatic nitrogens is 4. The monoisotopic (exact) mass is 419 g/mol. The van der Waals surface area contributed by atoms with Gasteiger partial charge >= 0.3 is 0 Å². The molecule has 0 bridgehead atoms. The van der Waals surface area contributed by atoms with Gasteiger partial charge in [0.1, 0.15) is 5.82 Å². The second kappa shape index (κ2) is 8.93. The van der Waals surface area contributed by atoms with Crippen molar-refractivity contribution in [2.24, 2.45) is 0 Å². The highest BCUT2D eigenvalue weighted by molar-refractivity contribution is 5.87. The first-order valence-electron chi connectivity index (χ1n) is 9.94. The Morgan fingerprint density at radius 1 is 1.10 bits per heavy atom. The smallest absolute Gasteiger partial charge is 0.271 e. The molecule has 0 aliphatic carbocycles. The van der Waals surface area contributed by atoms with Crippen LogP contribution < -0.4 is 10.9 Å². The van der Waals surface area contributed by atoms with E-state index in [0.29, 0.717) is 41.4 Å². The molecule has 0 amide bonds. The summed E-state index contributed by atoms with van der Waals surface area (Å²) >= 11 is 0. The fourth-order valence-corrected chi connectivity index (χ4v) is 3.35. The molecule has 0 aliphatic heterocycles. The van der Waals surface area contributed by atoms with Crippen molar-refractivity contribution in [2.45, 2.75) is 13.3 Å². The SMILES string of the molecule is Cc1ccccc1-n1nc(-c2c(NCCCO)n[nH]c2-c2ccc(F)cc2)ccc1=O. The fraction of sp³-hybridized carbons (Fsp3) is 0.174. The lowest BCUT2D eigenvalue weighted by Gasteiger charge is -2.11. The Morgan fingerprint density at radius 3 is 2.61 bits per heavy atom. The van der Waals surface area contributed by atoms with Gasteiger partial charge in [-0.2, -0.15) is 14.9 Å². The van der Waals surface area contributed by atoms with E-state index in [-0.39, 0.29) is 18.0 Å². The molecule has 31 heavy (non-hydrogen) atoms. The van der Waals surface area contributed by atoms with Crippen LogP contribution >= 0.6 is 0 Å². The molecular weight excluding hydrogens is 397 g/mol. The van der Waals surface area contributed by atoms with E-state index < -0.39 is 0 Å². The summed E-state index contributed by atoms with van der Waals surface area (Å²) in [7, 11) is 0. The van der Waals surface area contributed by atoms with Gasteiger partial charge in [-0.1, -0.05) is 18.2 Å². The largest absolute Gasteiger partial charge is 0.396 e. The number of nitrogens with one attached hydrogen (secondary N) is 2. The van der Waals surface area contributed by atoms with Crippen molar-refractivity contribution in [3.63, 3.8) is 0 Å². The Kier molecular flexibility index (Phi) is 5.90. The highest BCUT2D eigenvalue weighted by Gasteiger charge is 2.19. The van der Waals surface area contributed by atoms with Gasteiger partial charge < -0.3 is 10.4 Å². The van der Waals surface area contributed by atoms with Crippen LogP contribution in [0.5, 0.6) is 0 Å². The third-order valence-electron chi connectivity index (χ3n) is 4.93. The molecule has 3 N–H and O–H groups in total. The first kappa shape index (κ1) is 20.5. The van der Waals surface area contributed by atoms with Gasteiger partial charge in [0.25, 0.3) is 5.56 Å². The summed E-state index contributed by atoms with van der Waals surface area (Å²) in [6.45, 7) is 2.47. The van der Waals surface area contributed by atoms with Crippen LogP contribution in [0.15, 0.2) is 65.5 Å². The zero-order valence-electron chi connectivity index (χ0n) is 17.0. The minimum atomic E-state index is -0.336. The molecule has 0 saturated carbocycles. The molecule has 7 nitrogen and oxygen atoms in total. The third kappa shape index (κ3) is 4.24. The van der Waals surface area contributed by atoms with Gasteiger partial charge in [-0.05, 0) is 55.3 Å². The summed E-state index contributed by atoms with van der Waals surface area (Å²) in [5.41, 5.74) is 3.93. The molecule has 2 heterocycles. The molecule has 4 rings (SSSR count). The lowest BCUT2D eigenvalue weighted by atomic mass is 10.0. The minimum Gasteiger partial charge on any atom is -0.396 e. The van der Waals surface area contributed by atoms with E-state index in [1.807, 2.05) is 31.2 Å². The van der Waals surface area contributed by atoms with Crippen LogP contribution in [0.3, 0.4) is 0 Å². The van der Waals surface area contributed by atoms with E-state index >= 15 is 0 Å². The summed E-state index contributed by atoms with van der Waals surface area (Å²) in [5, 5.41) is 24.3. The number of aromatic amines is 1. The van der Waals surface area contributed by atoms with Gasteiger partial charge in [-0.15, -0.1) is 0 Å². The van der Waals surface area contributed by atoms with E-state index in [4.69, 9.17) is 5.11 Å². The van der Waals surface area contributed by atoms with Gasteiger partial charge in [-0.25, -0.2) is 4.39 Å². The van der Waals surface area contributed by atoms with Gasteiger partial charge in [0.05, 0.1) is 22.6 Å². The van der Waals surface area contributed by atoms with Crippen molar-refractivity contribution in [1.82, 2.24) is 20.0 Å². The van der Waals surface area contributed by atoms with Crippen molar-refractivity contribution in [1.29, 1.82) is 0 Å². The van der Waals surface area contributed by atoms with Crippen molar-refractivity contribution < 1.29 is 9.50 Å². The van der Waals surface area contributed by atoms with Gasteiger partial charge in [0.15, 0.2) is 5.82 Å². The zero-order valence-corrected chi connectivity index (χ0v) is 17.0. The summed E-state index contributed by atoms with van der Waals surface area (Å²) in [4.78, 5) is 12.6. The number of anilines is 1. The molecular formula is C23H22FN5O2. The molecule has 8 heteroatoms. The highest BCUT2D eigenvalue weighted by atomic mass is 19.1. The van der Waals surface area contributed by atoms with Crippen LogP contribution in [0.4, 0.5) is 10.2 Å². The summed E-state index contributed by atoms with van der Waals surface area (Å²) in [6.07, 6.45) is 0.550. The van der Waals surface area contributed by atoms with Crippen LogP contribution in [0.2, 0.25) is 0 Å². The first-order valence-corrected chi connectivity index (χ1v) is 9.94. The van der Waals surface area contributed by atoms with E-state index in [0.717, 1.165) is 11.1 Å². The van der Waals surface area contributed by atoms with Crippen molar-refractivity contribution >= 4 is 5.82 Å². The van der Waals surface area contributed by atoms with Crippen LogP contribution in [0.1, 0.15) is 12.0 Å². The number of hydrogen-bond donors (Lipinski definition) is 3. The van der Waals surface area contributed by atoms with E-state index in [2.05, 4.69) is 20.6 Å². The van der Waals surface area contributed by atoms with Crippen LogP contribution in [-0.4, -0.2) is 38.2 Å². The molecule has 0 unspecified atom stereocenters. The van der Waals surface area contributed by atoms with Gasteiger partial charge in [0.2, 0.25) is 0 Å². The predicted molar refractivity (Wildman–Crippen MR) is 118 cm³/mol. The minimum absolute atomic E-state index is 0.0496. The molecule has 0 fully saturated rings. The normalized spacial score (nSPS) is 10.9. The molecule has 0 radical (unpaired) electrons. The summed E-state index contributed by atoms with van der Waals surface area (Å²) in [5.74, 6) is 0.201. The Balaban J connectivity index is 1.87. The molecule has 0 spiro atoms. The number of benzene rings is 2. The Morgan fingerprint density at radius 2 is 1.87 bits per heavy atom. The van der Waals surface area contributed by atoms with Crippen LogP contribution in [0, 0.1) is 12.7 Å². The number of halogens is 1. The van der Waals surface area contributed by atoms with Crippen molar-refractivity contribution in [3.05, 3.63) is 82.4 Å². The molecule has 0 aliphatic rings. The second-order valence-electron chi connectivity index (χ2n) is 7.09. The molecule has 4 aromatic rings. The average Bonchev–Trinajstić information content (AvgIpc) is 3.19. The Bertz CT molecular complexity index is 1250. The number of H-pyrrole nitrogens is 1. The molecule has 0 saturated heterocycles. The maximum Gasteiger partial charge on any atom is 0.271 e. The fourth-order valence-electron chi connectivity index (χ4n) is 3.35. The van der Waals surface area contributed by atoms with Crippen molar-refractivity contribution in [2.75, 3.05) is 18.5 Å². The molecule has 158 valence electrons. The lowest BCUT2D eigenvalue weighted by Crippen LogP contribution is -2.21. The molecule has 2 aromatic carbocycles. The highest BCUT2D eigenvalue weighted by Crippen LogP contribution is 2.35. The van der Waals surface area contributed by atoms with E-state index in [1.165, 1.54) is 22.9 Å². The topological polar surface area (TPSA) is 95.8 Å². The number of aliphatic hydroxyl groups is 1. The number of hydrogen-bond acceptors (Lipinski definition) is 5. The number of nitrogens with zero attached hydrogens (tertiary/aromatic N) is 3. The van der Waals surface area contributed by atoms with E-state index in [1.54, 1.807) is 18.2 Å². The lowest BCUT2D eigenvalue weighted by molar-refractivity contribution is 0.292. The second-order valence-corrected chi connectivity index (χ2v) is 7.09. The maximum absolute atomic E-state index is 13.4. The standard InChI is InChI=1S/C23H22FN5O2/c1-15-5-2-3-6-19(15)29-20(31)12-11-18(28-29)21-22(16-7-9-17(24)10-8-16)26-27-23(21)25-13-4-14-30/h2-3,5-12,30H,4,13-14H2,1H3,(H2,25,26,27). The molecule has 0 atom stereocenters. The number of para-hydroxylation sites is 1. The predicted octanol–water partition coefficient (Wildman–Crippen LogP) is 3.53. The number of aliphatic hydroxyl groups excluding tert-OH is 1. The Hall–Kier alpha value is -3.78. The van der Waals surface area contributed by atoms with Gasteiger partial charge in [-0.3, -0.25) is 9.89 Å². The molecule has 2 aromatic heterocycles. The quantitative estimate of drug-likeness (QED) is 0.398. The number of aryl methyl sites for hydroxylation is 1. The zero-order chi connectivity index (χ0) is 21.8.